The van der Waals surface area contributed by atoms with E-state index in [1.807, 2.05) is 6.92 Å². The van der Waals surface area contributed by atoms with E-state index in [1.54, 1.807) is 6.08 Å². The fraction of sp³-hybridized carbons (Fsp3) is 0.625. The van der Waals surface area contributed by atoms with Crippen molar-refractivity contribution in [3.63, 3.8) is 0 Å². The normalized spacial score (nSPS) is 9.30. The molecule has 0 aliphatic heterocycles. The molecule has 0 N–H and O–H groups in total. The Balaban J connectivity index is 3.13. The third-order valence-corrected chi connectivity index (χ3v) is 1.10. The van der Waals surface area contributed by atoms with E-state index in [1.165, 1.54) is 0 Å². The summed E-state index contributed by atoms with van der Waals surface area (Å²) in [6.07, 6.45) is 2.60. The molecule has 0 bridgehead atoms. The van der Waals surface area contributed by atoms with Crippen LogP contribution in [-0.2, 0) is 9.53 Å². The smallest absolute Gasteiger partial charge is 0.138 e. The quantitative estimate of drug-likeness (QED) is 0.415. The summed E-state index contributed by atoms with van der Waals surface area (Å²) in [6, 6.07) is 0. The van der Waals surface area contributed by atoms with Gasteiger partial charge in [-0.15, -0.1) is 6.58 Å². The van der Waals surface area contributed by atoms with E-state index in [4.69, 9.17) is 4.74 Å². The zero-order valence-electron chi connectivity index (χ0n) is 6.43. The number of rotatable bonds is 6. The molecule has 0 atom stereocenters. The summed E-state index contributed by atoms with van der Waals surface area (Å²) in [6.45, 7) is 6.61. The van der Waals surface area contributed by atoms with Gasteiger partial charge in [0.15, 0.2) is 0 Å². The Morgan fingerprint density at radius 2 is 2.40 bits per heavy atom. The Kier molecular flexibility index (Phi) is 6.08. The van der Waals surface area contributed by atoms with Crippen molar-refractivity contribution in [1.82, 2.24) is 0 Å². The molecule has 0 amide bonds. The van der Waals surface area contributed by atoms with Gasteiger partial charge in [0.2, 0.25) is 0 Å². The van der Waals surface area contributed by atoms with Crippen molar-refractivity contribution in [2.45, 2.75) is 19.8 Å². The van der Waals surface area contributed by atoms with Crippen molar-refractivity contribution in [2.75, 3.05) is 13.2 Å². The van der Waals surface area contributed by atoms with Crippen LogP contribution in [0.25, 0.3) is 0 Å². The molecule has 2 nitrogen and oxygen atoms in total. The number of ketones is 1. The van der Waals surface area contributed by atoms with Gasteiger partial charge in [0, 0.05) is 19.4 Å². The number of carbonyl (C=O) groups is 1. The second-order valence-electron chi connectivity index (χ2n) is 1.98. The number of ether oxygens (including phenoxy) is 1. The van der Waals surface area contributed by atoms with Crippen LogP contribution in [0.15, 0.2) is 12.7 Å². The van der Waals surface area contributed by atoms with Crippen LogP contribution in [0.5, 0.6) is 0 Å². The lowest BCUT2D eigenvalue weighted by atomic mass is 10.2. The molecule has 0 saturated heterocycles. The van der Waals surface area contributed by atoms with Gasteiger partial charge in [-0.2, -0.15) is 0 Å². The molecule has 2 heteroatoms. The molecule has 0 heterocycles. The molecule has 0 saturated carbocycles. The minimum absolute atomic E-state index is 0.198. The first kappa shape index (κ1) is 9.37. The van der Waals surface area contributed by atoms with Crippen LogP contribution in [0.2, 0.25) is 0 Å². The fourth-order valence-electron chi connectivity index (χ4n) is 0.593. The zero-order valence-corrected chi connectivity index (χ0v) is 6.43. The molecule has 0 spiro atoms. The predicted molar refractivity (Wildman–Crippen MR) is 40.9 cm³/mol. The molecular formula is C8H14O2. The number of carbonyl (C=O) groups excluding carboxylic acids is 1. The molecule has 0 aromatic carbocycles. The van der Waals surface area contributed by atoms with E-state index < -0.39 is 0 Å². The lowest BCUT2D eigenvalue weighted by Crippen LogP contribution is -2.02. The minimum atomic E-state index is 0.198. The second kappa shape index (κ2) is 6.49. The minimum Gasteiger partial charge on any atom is -0.381 e. The van der Waals surface area contributed by atoms with Crippen LogP contribution in [0.3, 0.4) is 0 Å². The molecule has 0 aliphatic rings. The van der Waals surface area contributed by atoms with Crippen molar-refractivity contribution in [2.24, 2.45) is 0 Å². The summed E-state index contributed by atoms with van der Waals surface area (Å²) in [5, 5.41) is 0. The Hall–Kier alpha value is -0.630. The average molecular weight is 142 g/mol. The Labute approximate surface area is 61.9 Å². The molecule has 0 rings (SSSR count). The maximum absolute atomic E-state index is 10.8. The highest BCUT2D eigenvalue weighted by molar-refractivity contribution is 5.79. The SMILES string of the molecule is C=CCC(=O)CCOCC. The molecule has 58 valence electrons. The van der Waals surface area contributed by atoms with Crippen LogP contribution < -0.4 is 0 Å². The molecule has 0 radical (unpaired) electrons. The molecule has 0 fully saturated rings. The van der Waals surface area contributed by atoms with Gasteiger partial charge in [-0.05, 0) is 6.92 Å². The second-order valence-corrected chi connectivity index (χ2v) is 1.98. The molecule has 0 aromatic rings. The summed E-state index contributed by atoms with van der Waals surface area (Å²) in [4.78, 5) is 10.8. The first-order chi connectivity index (χ1) is 4.81. The Bertz CT molecular complexity index is 108. The Morgan fingerprint density at radius 1 is 1.70 bits per heavy atom. The molecule has 10 heavy (non-hydrogen) atoms. The summed E-state index contributed by atoms with van der Waals surface area (Å²) in [7, 11) is 0. The van der Waals surface area contributed by atoms with E-state index in [9.17, 15) is 4.79 Å². The lowest BCUT2D eigenvalue weighted by molar-refractivity contribution is -0.119. The van der Waals surface area contributed by atoms with Gasteiger partial charge >= 0.3 is 0 Å². The van der Waals surface area contributed by atoms with Crippen LogP contribution in [0.1, 0.15) is 19.8 Å². The van der Waals surface area contributed by atoms with Gasteiger partial charge in [-0.25, -0.2) is 0 Å². The van der Waals surface area contributed by atoms with Crippen molar-refractivity contribution >= 4 is 5.78 Å². The van der Waals surface area contributed by atoms with Gasteiger partial charge in [0.05, 0.1) is 6.61 Å². The number of allylic oxidation sites excluding steroid dienone is 1. The summed E-state index contributed by atoms with van der Waals surface area (Å²) >= 11 is 0. The molecule has 0 unspecified atom stereocenters. The highest BCUT2D eigenvalue weighted by atomic mass is 16.5. The van der Waals surface area contributed by atoms with Crippen molar-refractivity contribution in [1.29, 1.82) is 0 Å². The van der Waals surface area contributed by atoms with Crippen LogP contribution in [0, 0.1) is 0 Å². The number of hydrogen-bond acceptors (Lipinski definition) is 2. The topological polar surface area (TPSA) is 26.3 Å². The van der Waals surface area contributed by atoms with Crippen LogP contribution in [-0.4, -0.2) is 19.0 Å². The monoisotopic (exact) mass is 142 g/mol. The zero-order chi connectivity index (χ0) is 7.82. The highest BCUT2D eigenvalue weighted by Crippen LogP contribution is 1.90. The van der Waals surface area contributed by atoms with Gasteiger partial charge in [0.25, 0.3) is 0 Å². The third kappa shape index (κ3) is 5.51. The van der Waals surface area contributed by atoms with E-state index in [2.05, 4.69) is 6.58 Å². The standard InChI is InChI=1S/C8H14O2/c1-3-5-8(9)6-7-10-4-2/h3H,1,4-7H2,2H3. The maximum Gasteiger partial charge on any atom is 0.138 e. The summed E-state index contributed by atoms with van der Waals surface area (Å²) < 4.78 is 5.00. The van der Waals surface area contributed by atoms with Gasteiger partial charge in [0.1, 0.15) is 5.78 Å². The number of Topliss-reactive ketones (excluding diaryl/α,β-unsaturated/α-hetero) is 1. The lowest BCUT2D eigenvalue weighted by Gasteiger charge is -1.97. The van der Waals surface area contributed by atoms with Crippen molar-refractivity contribution < 1.29 is 9.53 Å². The van der Waals surface area contributed by atoms with Gasteiger partial charge in [-0.3, -0.25) is 4.79 Å². The van der Waals surface area contributed by atoms with Crippen molar-refractivity contribution in [3.8, 4) is 0 Å². The van der Waals surface area contributed by atoms with Crippen LogP contribution in [0.4, 0.5) is 0 Å². The molecular weight excluding hydrogens is 128 g/mol. The van der Waals surface area contributed by atoms with Crippen molar-refractivity contribution in [3.05, 3.63) is 12.7 Å². The fourth-order valence-corrected chi connectivity index (χ4v) is 0.593. The van der Waals surface area contributed by atoms with E-state index >= 15 is 0 Å². The summed E-state index contributed by atoms with van der Waals surface area (Å²) in [5.41, 5.74) is 0. The van der Waals surface area contributed by atoms with Crippen LogP contribution >= 0.6 is 0 Å². The predicted octanol–water partition coefficient (Wildman–Crippen LogP) is 1.56. The van der Waals surface area contributed by atoms with Gasteiger partial charge in [-0.1, -0.05) is 6.08 Å². The third-order valence-electron chi connectivity index (χ3n) is 1.10. The molecule has 0 aliphatic carbocycles. The maximum atomic E-state index is 10.8. The number of hydrogen-bond donors (Lipinski definition) is 0. The first-order valence-electron chi connectivity index (χ1n) is 3.51. The summed E-state index contributed by atoms with van der Waals surface area (Å²) in [5.74, 6) is 0.198. The first-order valence-corrected chi connectivity index (χ1v) is 3.51. The average Bonchev–Trinajstić information content (AvgIpc) is 1.89. The highest BCUT2D eigenvalue weighted by Gasteiger charge is 1.96. The Morgan fingerprint density at radius 3 is 2.90 bits per heavy atom. The van der Waals surface area contributed by atoms with E-state index in [0.717, 1.165) is 0 Å². The van der Waals surface area contributed by atoms with E-state index in [0.29, 0.717) is 26.1 Å². The van der Waals surface area contributed by atoms with Gasteiger partial charge < -0.3 is 4.74 Å². The van der Waals surface area contributed by atoms with E-state index in [-0.39, 0.29) is 5.78 Å². The molecule has 0 aromatic heterocycles. The largest absolute Gasteiger partial charge is 0.381 e.